The molecule has 2 amide bonds. The number of amides is 2. The molecular weight excluding hydrogens is 263 g/mol. The van der Waals surface area contributed by atoms with Crippen LogP contribution in [0.3, 0.4) is 0 Å². The van der Waals surface area contributed by atoms with E-state index in [1.165, 1.54) is 16.7 Å². The van der Waals surface area contributed by atoms with Crippen molar-refractivity contribution in [1.29, 1.82) is 0 Å². The second-order valence-electron chi connectivity index (χ2n) is 3.83. The van der Waals surface area contributed by atoms with Gasteiger partial charge in [-0.05, 0) is 19.4 Å². The van der Waals surface area contributed by atoms with Crippen molar-refractivity contribution in [2.45, 2.75) is 31.5 Å². The van der Waals surface area contributed by atoms with Crippen LogP contribution in [-0.2, 0) is 9.59 Å². The Labute approximate surface area is 111 Å². The fourth-order valence-electron chi connectivity index (χ4n) is 1.76. The highest BCUT2D eigenvalue weighted by Gasteiger charge is 2.41. The van der Waals surface area contributed by atoms with Crippen molar-refractivity contribution < 1.29 is 9.59 Å². The van der Waals surface area contributed by atoms with E-state index < -0.39 is 4.33 Å². The number of hydrogen-bond donors (Lipinski definition) is 0. The van der Waals surface area contributed by atoms with E-state index in [0.29, 0.717) is 25.3 Å². The van der Waals surface area contributed by atoms with E-state index in [1.54, 1.807) is 19.9 Å². The number of rotatable bonds is 2. The summed E-state index contributed by atoms with van der Waals surface area (Å²) in [5, 5.41) is 0. The zero-order valence-electron chi connectivity index (χ0n) is 10.2. The van der Waals surface area contributed by atoms with Crippen molar-refractivity contribution in [2.75, 3.05) is 13.1 Å². The molecule has 4 nitrogen and oxygen atoms in total. The summed E-state index contributed by atoms with van der Waals surface area (Å²) in [6.07, 6.45) is 2.04. The third kappa shape index (κ3) is 2.75. The minimum Gasteiger partial charge on any atom is -0.297 e. The lowest BCUT2D eigenvalue weighted by molar-refractivity contribution is -0.130. The summed E-state index contributed by atoms with van der Waals surface area (Å²) in [4.78, 5) is 26.5. The largest absolute Gasteiger partial charge is 0.297 e. The van der Waals surface area contributed by atoms with Gasteiger partial charge in [-0.2, -0.15) is 0 Å². The maximum atomic E-state index is 12.1. The maximum Gasteiger partial charge on any atom is 0.264 e. The molecule has 1 rings (SSSR count). The Balaban J connectivity index is 2.95. The SMILES string of the molecule is CC=C1N(C(C)=O)CCN1C(=O)C(Cl)(Cl)CC. The molecule has 1 aliphatic heterocycles. The molecule has 6 heteroatoms. The van der Waals surface area contributed by atoms with Crippen molar-refractivity contribution in [1.82, 2.24) is 9.80 Å². The molecule has 0 aromatic rings. The van der Waals surface area contributed by atoms with Gasteiger partial charge in [0.15, 0.2) is 4.33 Å². The molecule has 0 radical (unpaired) electrons. The monoisotopic (exact) mass is 278 g/mol. The summed E-state index contributed by atoms with van der Waals surface area (Å²) < 4.78 is -1.43. The molecule has 0 N–H and O–H groups in total. The highest BCUT2D eigenvalue weighted by atomic mass is 35.5. The third-order valence-corrected chi connectivity index (χ3v) is 3.60. The van der Waals surface area contributed by atoms with Crippen LogP contribution >= 0.6 is 23.2 Å². The van der Waals surface area contributed by atoms with Crippen LogP contribution in [0.15, 0.2) is 11.9 Å². The molecule has 1 fully saturated rings. The van der Waals surface area contributed by atoms with Gasteiger partial charge in [-0.1, -0.05) is 30.1 Å². The Bertz CT molecular complexity index is 366. The molecule has 1 aliphatic rings. The standard InChI is InChI=1S/C11H16Cl2N2O2/c1-4-9-14(8(3)16)6-7-15(9)10(17)11(12,13)5-2/h4H,5-7H2,1-3H3. The van der Waals surface area contributed by atoms with Gasteiger partial charge in [0.25, 0.3) is 5.91 Å². The van der Waals surface area contributed by atoms with Crippen LogP contribution in [0.1, 0.15) is 27.2 Å². The smallest absolute Gasteiger partial charge is 0.264 e. The number of carbonyl (C=O) groups is 2. The molecule has 1 saturated heterocycles. The number of allylic oxidation sites excluding steroid dienone is 1. The van der Waals surface area contributed by atoms with Gasteiger partial charge in [0.1, 0.15) is 5.82 Å². The van der Waals surface area contributed by atoms with Gasteiger partial charge in [0, 0.05) is 20.0 Å². The Hall–Kier alpha value is -0.740. The average Bonchev–Trinajstić information content (AvgIpc) is 2.71. The van der Waals surface area contributed by atoms with Crippen LogP contribution in [0.2, 0.25) is 0 Å². The molecule has 0 atom stereocenters. The first-order valence-electron chi connectivity index (χ1n) is 5.49. The number of nitrogens with zero attached hydrogens (tertiary/aromatic N) is 2. The quantitative estimate of drug-likeness (QED) is 0.726. The zero-order chi connectivity index (χ0) is 13.2. The molecule has 0 spiro atoms. The molecular formula is C11H16Cl2N2O2. The number of alkyl halides is 2. The summed E-state index contributed by atoms with van der Waals surface area (Å²) in [7, 11) is 0. The van der Waals surface area contributed by atoms with Crippen LogP contribution in [-0.4, -0.2) is 39.0 Å². The van der Waals surface area contributed by atoms with Gasteiger partial charge >= 0.3 is 0 Å². The van der Waals surface area contributed by atoms with Crippen molar-refractivity contribution in [3.05, 3.63) is 11.9 Å². The van der Waals surface area contributed by atoms with Gasteiger partial charge in [-0.3, -0.25) is 19.4 Å². The highest BCUT2D eigenvalue weighted by Crippen LogP contribution is 2.31. The summed E-state index contributed by atoms with van der Waals surface area (Å²) in [6, 6.07) is 0. The van der Waals surface area contributed by atoms with E-state index in [4.69, 9.17) is 23.2 Å². The van der Waals surface area contributed by atoms with Crippen LogP contribution in [0.25, 0.3) is 0 Å². The minimum absolute atomic E-state index is 0.0976. The van der Waals surface area contributed by atoms with E-state index in [2.05, 4.69) is 0 Å². The van der Waals surface area contributed by atoms with Crippen molar-refractivity contribution in [3.63, 3.8) is 0 Å². The molecule has 0 saturated carbocycles. The molecule has 0 unspecified atom stereocenters. The second kappa shape index (κ2) is 5.27. The van der Waals surface area contributed by atoms with Crippen molar-refractivity contribution >= 4 is 35.0 Å². The summed E-state index contributed by atoms with van der Waals surface area (Å²) in [5.41, 5.74) is 0. The van der Waals surface area contributed by atoms with Gasteiger partial charge in [-0.15, -0.1) is 0 Å². The first-order valence-corrected chi connectivity index (χ1v) is 6.25. The van der Waals surface area contributed by atoms with E-state index in [9.17, 15) is 9.59 Å². The van der Waals surface area contributed by atoms with E-state index in [0.717, 1.165) is 0 Å². The van der Waals surface area contributed by atoms with Gasteiger partial charge in [0.2, 0.25) is 5.91 Å². The predicted molar refractivity (Wildman–Crippen MR) is 67.6 cm³/mol. The number of halogens is 2. The molecule has 96 valence electrons. The molecule has 0 aromatic carbocycles. The lowest BCUT2D eigenvalue weighted by Gasteiger charge is -2.26. The lowest BCUT2D eigenvalue weighted by Crippen LogP contribution is -2.40. The average molecular weight is 279 g/mol. The van der Waals surface area contributed by atoms with E-state index in [-0.39, 0.29) is 11.8 Å². The Morgan fingerprint density at radius 3 is 2.29 bits per heavy atom. The Morgan fingerprint density at radius 2 is 1.88 bits per heavy atom. The van der Waals surface area contributed by atoms with E-state index in [1.807, 2.05) is 0 Å². The van der Waals surface area contributed by atoms with Crippen LogP contribution in [0, 0.1) is 0 Å². The fraction of sp³-hybridized carbons (Fsp3) is 0.636. The van der Waals surface area contributed by atoms with Crippen molar-refractivity contribution in [3.8, 4) is 0 Å². The van der Waals surface area contributed by atoms with Gasteiger partial charge in [0.05, 0.1) is 0 Å². The normalized spacial score (nSPS) is 19.0. The fourth-order valence-corrected chi connectivity index (χ4v) is 1.96. The number of carbonyl (C=O) groups excluding carboxylic acids is 2. The summed E-state index contributed by atoms with van der Waals surface area (Å²) in [6.45, 7) is 5.89. The second-order valence-corrected chi connectivity index (χ2v) is 5.32. The Kier molecular flexibility index (Phi) is 4.44. The highest BCUT2D eigenvalue weighted by molar-refractivity contribution is 6.58. The molecule has 1 heterocycles. The first kappa shape index (κ1) is 14.3. The first-order chi connectivity index (χ1) is 7.85. The minimum atomic E-state index is -1.43. The topological polar surface area (TPSA) is 40.6 Å². The van der Waals surface area contributed by atoms with Gasteiger partial charge < -0.3 is 0 Å². The van der Waals surface area contributed by atoms with Crippen LogP contribution in [0.4, 0.5) is 0 Å². The predicted octanol–water partition coefficient (Wildman–Crippen LogP) is 2.12. The molecule has 0 aliphatic carbocycles. The van der Waals surface area contributed by atoms with Crippen LogP contribution < -0.4 is 0 Å². The third-order valence-electron chi connectivity index (χ3n) is 2.74. The van der Waals surface area contributed by atoms with E-state index >= 15 is 0 Å². The molecule has 17 heavy (non-hydrogen) atoms. The van der Waals surface area contributed by atoms with Crippen molar-refractivity contribution in [2.24, 2.45) is 0 Å². The number of hydrogen-bond acceptors (Lipinski definition) is 2. The van der Waals surface area contributed by atoms with Crippen LogP contribution in [0.5, 0.6) is 0 Å². The van der Waals surface area contributed by atoms with Gasteiger partial charge in [-0.25, -0.2) is 0 Å². The Morgan fingerprint density at radius 1 is 1.35 bits per heavy atom. The summed E-state index contributed by atoms with van der Waals surface area (Å²) >= 11 is 11.9. The molecule has 0 bridgehead atoms. The summed E-state index contributed by atoms with van der Waals surface area (Å²) in [5.74, 6) is 0.0847. The molecule has 0 aromatic heterocycles. The lowest BCUT2D eigenvalue weighted by atomic mass is 10.3. The maximum absolute atomic E-state index is 12.1. The zero-order valence-corrected chi connectivity index (χ0v) is 11.7.